The highest BCUT2D eigenvalue weighted by Gasteiger charge is 2.22. The summed E-state index contributed by atoms with van der Waals surface area (Å²) in [4.78, 5) is -0.231. The topological polar surface area (TPSA) is 83.6 Å². The van der Waals surface area contributed by atoms with Crippen LogP contribution < -0.4 is 10.0 Å². The lowest BCUT2D eigenvalue weighted by Gasteiger charge is -2.19. The number of hydrogen-bond acceptors (Lipinski definition) is 4. The molecule has 0 bridgehead atoms. The van der Waals surface area contributed by atoms with Crippen LogP contribution in [0.15, 0.2) is 47.4 Å². The zero-order chi connectivity index (χ0) is 14.9. The molecule has 0 radical (unpaired) electrons. The van der Waals surface area contributed by atoms with Gasteiger partial charge in [0.25, 0.3) is 10.0 Å². The molecule has 0 aliphatic heterocycles. The minimum atomic E-state index is -3.92. The predicted molar refractivity (Wildman–Crippen MR) is 74.5 cm³/mol. The summed E-state index contributed by atoms with van der Waals surface area (Å²) < 4.78 is 39.0. The maximum Gasteiger partial charge on any atom is 0.264 e. The van der Waals surface area contributed by atoms with Crippen LogP contribution in [-0.4, -0.2) is 20.6 Å². The van der Waals surface area contributed by atoms with E-state index < -0.39 is 15.8 Å². The van der Waals surface area contributed by atoms with Gasteiger partial charge in [-0.1, -0.05) is 0 Å². The highest BCUT2D eigenvalue weighted by Crippen LogP contribution is 2.25. The van der Waals surface area contributed by atoms with E-state index in [1.165, 1.54) is 37.4 Å². The molecule has 0 saturated carbocycles. The van der Waals surface area contributed by atoms with E-state index in [-0.39, 0.29) is 16.3 Å². The molecule has 5 nitrogen and oxygen atoms in total. The molecule has 7 heteroatoms. The molecule has 0 unspecified atom stereocenters. The fraction of sp³-hybridized carbons (Fsp3) is 0.0769. The third-order valence-electron chi connectivity index (χ3n) is 2.77. The van der Waals surface area contributed by atoms with Gasteiger partial charge in [0.1, 0.15) is 11.6 Å². The number of rotatable bonds is 3. The smallest absolute Gasteiger partial charge is 0.264 e. The average Bonchev–Trinajstić information content (AvgIpc) is 2.37. The van der Waals surface area contributed by atoms with Crippen molar-refractivity contribution in [3.8, 4) is 5.75 Å². The van der Waals surface area contributed by atoms with Crippen LogP contribution in [0.2, 0.25) is 0 Å². The van der Waals surface area contributed by atoms with Gasteiger partial charge in [0.05, 0.1) is 10.6 Å². The van der Waals surface area contributed by atoms with Crippen LogP contribution in [0.5, 0.6) is 5.75 Å². The number of halogens is 1. The van der Waals surface area contributed by atoms with Crippen LogP contribution in [0.25, 0.3) is 0 Å². The SMILES string of the molecule is CN(c1ccc(O)cc1)S(=O)(=O)c1cc(N)cc(F)c1. The average molecular weight is 296 g/mol. The van der Waals surface area contributed by atoms with Crippen LogP contribution in [0, 0.1) is 5.82 Å². The van der Waals surface area contributed by atoms with Crippen LogP contribution in [0.3, 0.4) is 0 Å². The van der Waals surface area contributed by atoms with Crippen LogP contribution in [-0.2, 0) is 10.0 Å². The first-order chi connectivity index (χ1) is 9.30. The van der Waals surface area contributed by atoms with Crippen LogP contribution in [0.1, 0.15) is 0 Å². The molecule has 0 aromatic heterocycles. The molecule has 20 heavy (non-hydrogen) atoms. The van der Waals surface area contributed by atoms with E-state index in [4.69, 9.17) is 5.73 Å². The Morgan fingerprint density at radius 3 is 2.30 bits per heavy atom. The van der Waals surface area contributed by atoms with Gasteiger partial charge in [0.15, 0.2) is 0 Å². The van der Waals surface area contributed by atoms with Crippen molar-refractivity contribution in [1.82, 2.24) is 0 Å². The number of nitrogens with two attached hydrogens (primary N) is 1. The van der Waals surface area contributed by atoms with Gasteiger partial charge in [0.2, 0.25) is 0 Å². The molecule has 0 saturated heterocycles. The standard InChI is InChI=1S/C13H13FN2O3S/c1-16(11-2-4-12(17)5-3-11)20(18,19)13-7-9(14)6-10(15)8-13/h2-8,17H,15H2,1H3. The van der Waals surface area contributed by atoms with Gasteiger partial charge < -0.3 is 10.8 Å². The summed E-state index contributed by atoms with van der Waals surface area (Å²) in [6.07, 6.45) is 0. The molecule has 0 atom stereocenters. The Morgan fingerprint density at radius 2 is 1.75 bits per heavy atom. The number of sulfonamides is 1. The summed E-state index contributed by atoms with van der Waals surface area (Å²) in [6, 6.07) is 8.74. The van der Waals surface area contributed by atoms with Crippen molar-refractivity contribution >= 4 is 21.4 Å². The van der Waals surface area contributed by atoms with E-state index in [9.17, 15) is 17.9 Å². The first-order valence-electron chi connectivity index (χ1n) is 5.65. The molecule has 0 spiro atoms. The molecular weight excluding hydrogens is 283 g/mol. The molecule has 0 amide bonds. The summed E-state index contributed by atoms with van der Waals surface area (Å²) in [6.45, 7) is 0. The lowest BCUT2D eigenvalue weighted by Crippen LogP contribution is -2.26. The quantitative estimate of drug-likeness (QED) is 0.848. The second-order valence-electron chi connectivity index (χ2n) is 4.21. The van der Waals surface area contributed by atoms with Gasteiger partial charge >= 0.3 is 0 Å². The molecule has 0 heterocycles. The zero-order valence-corrected chi connectivity index (χ0v) is 11.4. The number of nitrogens with zero attached hydrogens (tertiary/aromatic N) is 1. The Hall–Kier alpha value is -2.28. The van der Waals surface area contributed by atoms with Crippen LogP contribution in [0.4, 0.5) is 15.8 Å². The first kappa shape index (κ1) is 14.1. The Kier molecular flexibility index (Phi) is 3.54. The normalized spacial score (nSPS) is 11.3. The molecule has 106 valence electrons. The van der Waals surface area contributed by atoms with E-state index in [2.05, 4.69) is 0 Å². The minimum absolute atomic E-state index is 0.0227. The van der Waals surface area contributed by atoms with Crippen LogP contribution >= 0.6 is 0 Å². The Balaban J connectivity index is 2.46. The van der Waals surface area contributed by atoms with E-state index in [0.717, 1.165) is 16.4 Å². The lowest BCUT2D eigenvalue weighted by atomic mass is 10.3. The van der Waals surface area contributed by atoms with Gasteiger partial charge in [-0.15, -0.1) is 0 Å². The lowest BCUT2D eigenvalue weighted by molar-refractivity contribution is 0.475. The molecule has 0 aliphatic carbocycles. The van der Waals surface area contributed by atoms with Gasteiger partial charge in [-0.05, 0) is 42.5 Å². The highest BCUT2D eigenvalue weighted by atomic mass is 32.2. The number of phenolic OH excluding ortho intramolecular Hbond substituents is 1. The van der Waals surface area contributed by atoms with Gasteiger partial charge in [-0.3, -0.25) is 4.31 Å². The summed E-state index contributed by atoms with van der Waals surface area (Å²) in [5, 5.41) is 9.20. The largest absolute Gasteiger partial charge is 0.508 e. The van der Waals surface area contributed by atoms with Crippen molar-refractivity contribution in [2.45, 2.75) is 4.90 Å². The van der Waals surface area contributed by atoms with E-state index in [1.54, 1.807) is 0 Å². The van der Waals surface area contributed by atoms with Crippen molar-refractivity contribution < 1.29 is 17.9 Å². The first-order valence-corrected chi connectivity index (χ1v) is 7.09. The Morgan fingerprint density at radius 1 is 1.15 bits per heavy atom. The molecule has 2 aromatic carbocycles. The summed E-state index contributed by atoms with van der Waals surface area (Å²) in [7, 11) is -2.58. The second-order valence-corrected chi connectivity index (χ2v) is 6.18. The monoisotopic (exact) mass is 296 g/mol. The fourth-order valence-corrected chi connectivity index (χ4v) is 2.95. The number of aromatic hydroxyl groups is 1. The van der Waals surface area contributed by atoms with Crippen molar-refractivity contribution in [2.75, 3.05) is 17.1 Å². The second kappa shape index (κ2) is 5.01. The Labute approximate surface area is 116 Å². The summed E-state index contributed by atoms with van der Waals surface area (Å²) in [5.74, 6) is -0.697. The summed E-state index contributed by atoms with van der Waals surface area (Å²) >= 11 is 0. The van der Waals surface area contributed by atoms with Crippen molar-refractivity contribution in [2.24, 2.45) is 0 Å². The number of hydrogen-bond donors (Lipinski definition) is 2. The van der Waals surface area contributed by atoms with Gasteiger partial charge in [-0.2, -0.15) is 0 Å². The molecule has 0 aliphatic rings. The number of nitrogen functional groups attached to an aromatic ring is 1. The number of benzene rings is 2. The zero-order valence-electron chi connectivity index (χ0n) is 10.6. The van der Waals surface area contributed by atoms with E-state index in [0.29, 0.717) is 5.69 Å². The molecule has 2 aromatic rings. The van der Waals surface area contributed by atoms with Gasteiger partial charge in [-0.25, -0.2) is 12.8 Å². The van der Waals surface area contributed by atoms with E-state index in [1.807, 2.05) is 0 Å². The molecule has 0 fully saturated rings. The minimum Gasteiger partial charge on any atom is -0.508 e. The molecule has 2 rings (SSSR count). The Bertz CT molecular complexity index is 710. The molecular formula is C13H13FN2O3S. The van der Waals surface area contributed by atoms with Crippen molar-refractivity contribution in [1.29, 1.82) is 0 Å². The predicted octanol–water partition coefficient (Wildman–Crippen LogP) is 1.94. The maximum absolute atomic E-state index is 13.3. The third kappa shape index (κ3) is 2.67. The highest BCUT2D eigenvalue weighted by molar-refractivity contribution is 7.92. The number of anilines is 2. The fourth-order valence-electron chi connectivity index (χ4n) is 1.69. The van der Waals surface area contributed by atoms with E-state index >= 15 is 0 Å². The molecule has 3 N–H and O–H groups in total. The maximum atomic E-state index is 13.3. The van der Waals surface area contributed by atoms with Crippen molar-refractivity contribution in [3.05, 3.63) is 48.3 Å². The number of phenols is 1. The van der Waals surface area contributed by atoms with Gasteiger partial charge in [0, 0.05) is 12.7 Å². The van der Waals surface area contributed by atoms with Crippen molar-refractivity contribution in [3.63, 3.8) is 0 Å². The third-order valence-corrected chi connectivity index (χ3v) is 4.53. The summed E-state index contributed by atoms with van der Waals surface area (Å²) in [5.41, 5.74) is 5.83.